The highest BCUT2D eigenvalue weighted by Crippen LogP contribution is 2.10. The number of H-pyrrole nitrogens is 1. The lowest BCUT2D eigenvalue weighted by Gasteiger charge is -2.07. The van der Waals surface area contributed by atoms with Gasteiger partial charge in [0.2, 0.25) is 10.0 Å². The Balaban J connectivity index is 1.80. The number of amides is 1. The predicted octanol–water partition coefficient (Wildman–Crippen LogP) is 0.789. The molecule has 10 heteroatoms. The highest BCUT2D eigenvalue weighted by atomic mass is 35.5. The molecule has 0 bridgehead atoms. The van der Waals surface area contributed by atoms with Crippen molar-refractivity contribution in [1.29, 1.82) is 0 Å². The maximum absolute atomic E-state index is 11.6. The summed E-state index contributed by atoms with van der Waals surface area (Å²) < 4.78 is 27.1. The number of aromatic amines is 1. The molecule has 0 aliphatic rings. The molecule has 0 aliphatic heterocycles. The first kappa shape index (κ1) is 18.0. The van der Waals surface area contributed by atoms with Crippen LogP contribution < -0.4 is 10.5 Å². The number of hydrogen-bond acceptors (Lipinski definition) is 5. The van der Waals surface area contributed by atoms with Crippen LogP contribution in [0, 0.1) is 0 Å². The van der Waals surface area contributed by atoms with Crippen molar-refractivity contribution >= 4 is 33.5 Å². The Morgan fingerprint density at radius 2 is 1.92 bits per heavy atom. The molecule has 24 heavy (non-hydrogen) atoms. The first-order valence-corrected chi connectivity index (χ1v) is 8.57. The maximum Gasteiger partial charge on any atom is 0.355 e. The van der Waals surface area contributed by atoms with E-state index in [1.807, 2.05) is 0 Å². The van der Waals surface area contributed by atoms with Gasteiger partial charge >= 0.3 is 5.97 Å². The number of halogens is 1. The zero-order valence-electron chi connectivity index (χ0n) is 12.3. The van der Waals surface area contributed by atoms with Crippen molar-refractivity contribution in [3.05, 3.63) is 52.8 Å². The Morgan fingerprint density at radius 1 is 1.25 bits per heavy atom. The molecule has 0 spiro atoms. The molecule has 8 nitrogen and oxygen atoms in total. The van der Waals surface area contributed by atoms with Crippen LogP contribution in [0.25, 0.3) is 0 Å². The predicted molar refractivity (Wildman–Crippen MR) is 85.7 cm³/mol. The highest BCUT2D eigenvalue weighted by Gasteiger charge is 2.12. The van der Waals surface area contributed by atoms with E-state index in [4.69, 9.17) is 21.5 Å². The summed E-state index contributed by atoms with van der Waals surface area (Å²) in [5, 5.41) is 7.88. The molecule has 1 aromatic heterocycles. The molecule has 0 aliphatic carbocycles. The normalized spacial score (nSPS) is 11.1. The molecule has 0 saturated carbocycles. The minimum atomic E-state index is -3.75. The van der Waals surface area contributed by atoms with Gasteiger partial charge in [0, 0.05) is 12.7 Å². The molecule has 1 heterocycles. The zero-order chi connectivity index (χ0) is 17.7. The summed E-state index contributed by atoms with van der Waals surface area (Å²) >= 11 is 5.66. The van der Waals surface area contributed by atoms with Gasteiger partial charge in [-0.1, -0.05) is 23.7 Å². The molecule has 2 aromatic rings. The number of sulfonamides is 1. The van der Waals surface area contributed by atoms with Crippen molar-refractivity contribution in [2.45, 2.75) is 11.4 Å². The Morgan fingerprint density at radius 3 is 2.46 bits per heavy atom. The third kappa shape index (κ3) is 5.08. The van der Waals surface area contributed by atoms with E-state index in [1.54, 1.807) is 0 Å². The fourth-order valence-electron chi connectivity index (χ4n) is 1.74. The van der Waals surface area contributed by atoms with Crippen molar-refractivity contribution < 1.29 is 22.7 Å². The summed E-state index contributed by atoms with van der Waals surface area (Å²) in [5.74, 6) is -1.20. The number of nitrogens with two attached hydrogens (primary N) is 1. The fraction of sp³-hybridized carbons (Fsp3) is 0.143. The molecular weight excluding hydrogens is 358 g/mol. The second-order valence-electron chi connectivity index (χ2n) is 4.77. The molecule has 1 aromatic carbocycles. The van der Waals surface area contributed by atoms with Crippen LogP contribution in [0.2, 0.25) is 5.02 Å². The van der Waals surface area contributed by atoms with Crippen molar-refractivity contribution in [3.63, 3.8) is 0 Å². The lowest BCUT2D eigenvalue weighted by Crippen LogP contribution is -2.28. The highest BCUT2D eigenvalue weighted by molar-refractivity contribution is 7.89. The number of primary sulfonamides is 1. The number of carbonyl (C=O) groups is 2. The Bertz CT molecular complexity index is 846. The average molecular weight is 372 g/mol. The van der Waals surface area contributed by atoms with Crippen LogP contribution in [0.1, 0.15) is 16.1 Å². The molecule has 0 radical (unpaired) electrons. The standard InChI is InChI=1S/C14H14ClN3O5S/c15-10-5-12(17-7-10)14(20)23-8-13(19)18-6-9-1-3-11(4-2-9)24(16,21)22/h1-5,7,17H,6,8H2,(H,18,19)(H2,16,21,22). The number of esters is 1. The van der Waals surface area contributed by atoms with Gasteiger partial charge in [0.15, 0.2) is 6.61 Å². The molecule has 1 amide bonds. The Hall–Kier alpha value is -2.36. The molecule has 4 N–H and O–H groups in total. The second-order valence-corrected chi connectivity index (χ2v) is 6.77. The van der Waals surface area contributed by atoms with Gasteiger partial charge in [-0.2, -0.15) is 0 Å². The SMILES string of the molecule is NS(=O)(=O)c1ccc(CNC(=O)COC(=O)c2cc(Cl)c[nH]2)cc1. The number of carbonyl (C=O) groups excluding carboxylic acids is 2. The number of hydrogen-bond donors (Lipinski definition) is 3. The monoisotopic (exact) mass is 371 g/mol. The number of benzene rings is 1. The molecular formula is C14H14ClN3O5S. The van der Waals surface area contributed by atoms with Crippen LogP contribution in [0.3, 0.4) is 0 Å². The fourth-order valence-corrected chi connectivity index (χ4v) is 2.42. The van der Waals surface area contributed by atoms with E-state index >= 15 is 0 Å². The average Bonchev–Trinajstić information content (AvgIpc) is 2.96. The van der Waals surface area contributed by atoms with Crippen molar-refractivity contribution in [3.8, 4) is 0 Å². The molecule has 2 rings (SSSR count). The summed E-state index contributed by atoms with van der Waals surface area (Å²) in [4.78, 5) is 25.8. The third-order valence-electron chi connectivity index (χ3n) is 2.94. The minimum absolute atomic E-state index is 0.0175. The van der Waals surface area contributed by atoms with Crippen LogP contribution >= 0.6 is 11.6 Å². The molecule has 0 fully saturated rings. The molecule has 0 atom stereocenters. The lowest BCUT2D eigenvalue weighted by atomic mass is 10.2. The largest absolute Gasteiger partial charge is 0.451 e. The number of rotatable bonds is 6. The summed E-state index contributed by atoms with van der Waals surface area (Å²) in [5.41, 5.74) is 0.810. The molecule has 0 saturated heterocycles. The first-order valence-electron chi connectivity index (χ1n) is 6.65. The van der Waals surface area contributed by atoms with E-state index in [-0.39, 0.29) is 17.1 Å². The van der Waals surface area contributed by atoms with Crippen LogP contribution in [-0.4, -0.2) is 31.9 Å². The van der Waals surface area contributed by atoms with E-state index < -0.39 is 28.5 Å². The van der Waals surface area contributed by atoms with Crippen LogP contribution in [0.5, 0.6) is 0 Å². The van der Waals surface area contributed by atoms with Gasteiger partial charge in [0.25, 0.3) is 5.91 Å². The second kappa shape index (κ2) is 7.47. The smallest absolute Gasteiger partial charge is 0.355 e. The van der Waals surface area contributed by atoms with Gasteiger partial charge in [0.1, 0.15) is 5.69 Å². The minimum Gasteiger partial charge on any atom is -0.451 e. The van der Waals surface area contributed by atoms with Crippen molar-refractivity contribution in [2.75, 3.05) is 6.61 Å². The van der Waals surface area contributed by atoms with Gasteiger partial charge in [-0.25, -0.2) is 18.4 Å². The van der Waals surface area contributed by atoms with Gasteiger partial charge in [-0.15, -0.1) is 0 Å². The lowest BCUT2D eigenvalue weighted by molar-refractivity contribution is -0.124. The Kier molecular flexibility index (Phi) is 5.60. The van der Waals surface area contributed by atoms with E-state index in [0.29, 0.717) is 10.6 Å². The molecule has 128 valence electrons. The van der Waals surface area contributed by atoms with Gasteiger partial charge in [0.05, 0.1) is 9.92 Å². The summed E-state index contributed by atoms with van der Waals surface area (Å²) in [6, 6.07) is 7.10. The van der Waals surface area contributed by atoms with Crippen molar-refractivity contribution in [1.82, 2.24) is 10.3 Å². The first-order chi connectivity index (χ1) is 11.3. The van der Waals surface area contributed by atoms with E-state index in [1.165, 1.54) is 36.5 Å². The Labute approximate surface area is 143 Å². The summed E-state index contributed by atoms with van der Waals surface area (Å²) in [7, 11) is -3.75. The number of ether oxygens (including phenoxy) is 1. The topological polar surface area (TPSA) is 131 Å². The number of aromatic nitrogens is 1. The van der Waals surface area contributed by atoms with Crippen LogP contribution in [-0.2, 0) is 26.1 Å². The summed E-state index contributed by atoms with van der Waals surface area (Å²) in [6.07, 6.45) is 1.42. The third-order valence-corrected chi connectivity index (χ3v) is 4.09. The van der Waals surface area contributed by atoms with Gasteiger partial charge in [-0.3, -0.25) is 4.79 Å². The van der Waals surface area contributed by atoms with Crippen molar-refractivity contribution in [2.24, 2.45) is 5.14 Å². The van der Waals surface area contributed by atoms with Gasteiger partial charge < -0.3 is 15.0 Å². The van der Waals surface area contributed by atoms with Gasteiger partial charge in [-0.05, 0) is 23.8 Å². The van der Waals surface area contributed by atoms with Crippen LogP contribution in [0.15, 0.2) is 41.4 Å². The van der Waals surface area contributed by atoms with E-state index in [0.717, 1.165) is 0 Å². The zero-order valence-corrected chi connectivity index (χ0v) is 13.9. The molecule has 0 unspecified atom stereocenters. The quantitative estimate of drug-likeness (QED) is 0.646. The van der Waals surface area contributed by atoms with E-state index in [9.17, 15) is 18.0 Å². The number of nitrogens with one attached hydrogen (secondary N) is 2. The van der Waals surface area contributed by atoms with Crippen LogP contribution in [0.4, 0.5) is 0 Å². The van der Waals surface area contributed by atoms with E-state index in [2.05, 4.69) is 10.3 Å². The summed E-state index contributed by atoms with van der Waals surface area (Å²) in [6.45, 7) is -0.305. The maximum atomic E-state index is 11.6.